The zero-order chi connectivity index (χ0) is 15.2. The molecule has 112 valence electrons. The van der Waals surface area contributed by atoms with E-state index >= 15 is 0 Å². The number of ether oxygens (including phenoxy) is 1. The minimum atomic E-state index is -0.252. The highest BCUT2D eigenvalue weighted by molar-refractivity contribution is 7.16. The van der Waals surface area contributed by atoms with Gasteiger partial charge in [-0.25, -0.2) is 9.78 Å². The Balaban J connectivity index is 1.87. The number of rotatable bonds is 5. The average Bonchev–Trinajstić information content (AvgIpc) is 2.92. The van der Waals surface area contributed by atoms with Crippen LogP contribution in [0.15, 0.2) is 30.5 Å². The summed E-state index contributed by atoms with van der Waals surface area (Å²) in [6, 6.07) is 7.03. The van der Waals surface area contributed by atoms with Gasteiger partial charge in [0.1, 0.15) is 0 Å². The predicted molar refractivity (Wildman–Crippen MR) is 83.9 cm³/mol. The number of amides is 2. The summed E-state index contributed by atoms with van der Waals surface area (Å²) >= 11 is 7.34. The third kappa shape index (κ3) is 4.34. The number of methoxy groups -OCH3 is 1. The molecule has 2 heterocycles. The van der Waals surface area contributed by atoms with Crippen LogP contribution in [0, 0.1) is 0 Å². The standard InChI is InChI=1S/C14H16ClN3O2S/c1-9(11-5-6-12(15)21-11)18-14(19)17-8-10-4-3-7-16-13(10)20-2/h3-7,9H,8H2,1-2H3,(H2,17,18,19)/t9-/m1/s1. The highest BCUT2D eigenvalue weighted by Gasteiger charge is 2.12. The molecule has 0 saturated heterocycles. The first kappa shape index (κ1) is 15.6. The van der Waals surface area contributed by atoms with Gasteiger partial charge >= 0.3 is 6.03 Å². The molecule has 7 heteroatoms. The molecule has 0 aliphatic rings. The van der Waals surface area contributed by atoms with Crippen molar-refractivity contribution in [2.24, 2.45) is 0 Å². The third-order valence-electron chi connectivity index (χ3n) is 2.85. The van der Waals surface area contributed by atoms with Gasteiger partial charge in [-0.1, -0.05) is 17.7 Å². The molecular weight excluding hydrogens is 310 g/mol. The van der Waals surface area contributed by atoms with Gasteiger partial charge in [-0.05, 0) is 25.1 Å². The van der Waals surface area contributed by atoms with Crippen molar-refractivity contribution in [2.45, 2.75) is 19.5 Å². The second-order valence-corrected chi connectivity index (χ2v) is 6.11. The zero-order valence-corrected chi connectivity index (χ0v) is 13.3. The van der Waals surface area contributed by atoms with Crippen molar-refractivity contribution >= 4 is 29.0 Å². The first-order chi connectivity index (χ1) is 10.1. The predicted octanol–water partition coefficient (Wildman–Crippen LogP) is 3.37. The number of carbonyl (C=O) groups is 1. The Morgan fingerprint density at radius 2 is 2.29 bits per heavy atom. The largest absolute Gasteiger partial charge is 0.481 e. The van der Waals surface area contributed by atoms with Crippen molar-refractivity contribution in [2.75, 3.05) is 7.11 Å². The van der Waals surface area contributed by atoms with E-state index in [1.54, 1.807) is 19.4 Å². The molecular formula is C14H16ClN3O2S. The lowest BCUT2D eigenvalue weighted by atomic mass is 10.2. The molecule has 0 radical (unpaired) electrons. The smallest absolute Gasteiger partial charge is 0.315 e. The van der Waals surface area contributed by atoms with Crippen molar-refractivity contribution in [1.29, 1.82) is 0 Å². The number of halogens is 1. The average molecular weight is 326 g/mol. The van der Waals surface area contributed by atoms with Crippen molar-refractivity contribution in [3.8, 4) is 5.88 Å². The van der Waals surface area contributed by atoms with Gasteiger partial charge < -0.3 is 15.4 Å². The van der Waals surface area contributed by atoms with Gasteiger partial charge in [0.05, 0.1) is 17.5 Å². The van der Waals surface area contributed by atoms with Crippen LogP contribution < -0.4 is 15.4 Å². The van der Waals surface area contributed by atoms with Crippen LogP contribution in [0.2, 0.25) is 4.34 Å². The van der Waals surface area contributed by atoms with E-state index in [4.69, 9.17) is 16.3 Å². The molecule has 2 aromatic rings. The van der Waals surface area contributed by atoms with Crippen LogP contribution in [0.5, 0.6) is 5.88 Å². The Hall–Kier alpha value is -1.79. The summed E-state index contributed by atoms with van der Waals surface area (Å²) in [6.07, 6.45) is 1.64. The molecule has 2 aromatic heterocycles. The van der Waals surface area contributed by atoms with Gasteiger partial charge in [0.25, 0.3) is 0 Å². The van der Waals surface area contributed by atoms with Crippen LogP contribution in [0.3, 0.4) is 0 Å². The molecule has 1 atom stereocenters. The van der Waals surface area contributed by atoms with Gasteiger partial charge in [-0.15, -0.1) is 11.3 Å². The molecule has 0 aromatic carbocycles. The molecule has 2 amide bonds. The van der Waals surface area contributed by atoms with Gasteiger partial charge in [0.15, 0.2) is 0 Å². The summed E-state index contributed by atoms with van der Waals surface area (Å²) in [4.78, 5) is 17.0. The summed E-state index contributed by atoms with van der Waals surface area (Å²) < 4.78 is 5.84. The highest BCUT2D eigenvalue weighted by atomic mass is 35.5. The van der Waals surface area contributed by atoms with Crippen LogP contribution in [0.25, 0.3) is 0 Å². The van der Waals surface area contributed by atoms with E-state index in [0.717, 1.165) is 10.4 Å². The van der Waals surface area contributed by atoms with Gasteiger partial charge in [-0.3, -0.25) is 0 Å². The summed E-state index contributed by atoms with van der Waals surface area (Å²) in [6.45, 7) is 2.26. The lowest BCUT2D eigenvalue weighted by Gasteiger charge is -2.14. The molecule has 5 nitrogen and oxygen atoms in total. The number of pyridine rings is 1. The second kappa shape index (κ2) is 7.28. The number of aromatic nitrogens is 1. The molecule has 0 aliphatic carbocycles. The number of thiophene rings is 1. The molecule has 0 aliphatic heterocycles. The van der Waals surface area contributed by atoms with Crippen LogP contribution >= 0.6 is 22.9 Å². The number of urea groups is 1. The SMILES string of the molecule is COc1ncccc1CNC(=O)N[C@H](C)c1ccc(Cl)s1. The van der Waals surface area contributed by atoms with Crippen molar-refractivity contribution in [3.05, 3.63) is 45.2 Å². The highest BCUT2D eigenvalue weighted by Crippen LogP contribution is 2.26. The Morgan fingerprint density at radius 3 is 2.95 bits per heavy atom. The van der Waals surface area contributed by atoms with E-state index in [9.17, 15) is 4.79 Å². The van der Waals surface area contributed by atoms with Crippen molar-refractivity contribution in [3.63, 3.8) is 0 Å². The molecule has 0 fully saturated rings. The topological polar surface area (TPSA) is 63.2 Å². The van der Waals surface area contributed by atoms with Gasteiger partial charge in [0, 0.05) is 23.2 Å². The summed E-state index contributed by atoms with van der Waals surface area (Å²) in [5.41, 5.74) is 0.821. The lowest BCUT2D eigenvalue weighted by Crippen LogP contribution is -2.36. The monoisotopic (exact) mass is 325 g/mol. The third-order valence-corrected chi connectivity index (χ3v) is 4.26. The zero-order valence-electron chi connectivity index (χ0n) is 11.7. The van der Waals surface area contributed by atoms with Crippen LogP contribution in [0.1, 0.15) is 23.4 Å². The fraction of sp³-hybridized carbons (Fsp3) is 0.286. The second-order valence-electron chi connectivity index (χ2n) is 4.36. The summed E-state index contributed by atoms with van der Waals surface area (Å²) in [5.74, 6) is 0.510. The first-order valence-electron chi connectivity index (χ1n) is 6.37. The lowest BCUT2D eigenvalue weighted by molar-refractivity contribution is 0.237. The van der Waals surface area contributed by atoms with Crippen molar-refractivity contribution < 1.29 is 9.53 Å². The Morgan fingerprint density at radius 1 is 1.48 bits per heavy atom. The molecule has 2 rings (SSSR count). The Labute approximate surface area is 132 Å². The molecule has 21 heavy (non-hydrogen) atoms. The summed E-state index contributed by atoms with van der Waals surface area (Å²) in [7, 11) is 1.55. The van der Waals surface area contributed by atoms with Crippen molar-refractivity contribution in [1.82, 2.24) is 15.6 Å². The molecule has 2 N–H and O–H groups in total. The normalized spacial score (nSPS) is 11.8. The van der Waals surface area contributed by atoms with E-state index in [0.29, 0.717) is 16.8 Å². The van der Waals surface area contributed by atoms with Gasteiger partial charge in [-0.2, -0.15) is 0 Å². The minimum Gasteiger partial charge on any atom is -0.481 e. The number of hydrogen-bond acceptors (Lipinski definition) is 4. The van der Waals surface area contributed by atoms with Crippen LogP contribution in [-0.2, 0) is 6.54 Å². The first-order valence-corrected chi connectivity index (χ1v) is 7.57. The van der Waals surface area contributed by atoms with Crippen LogP contribution in [0.4, 0.5) is 4.79 Å². The summed E-state index contributed by atoms with van der Waals surface area (Å²) in [5, 5.41) is 5.64. The molecule has 0 unspecified atom stereocenters. The number of nitrogens with zero attached hydrogens (tertiary/aromatic N) is 1. The fourth-order valence-electron chi connectivity index (χ4n) is 1.80. The Kier molecular flexibility index (Phi) is 5.41. The maximum absolute atomic E-state index is 11.9. The fourth-order valence-corrected chi connectivity index (χ4v) is 2.86. The van der Waals surface area contributed by atoms with E-state index in [1.807, 2.05) is 25.1 Å². The Bertz CT molecular complexity index is 618. The van der Waals surface area contributed by atoms with E-state index in [1.165, 1.54) is 11.3 Å². The maximum Gasteiger partial charge on any atom is 0.315 e. The van der Waals surface area contributed by atoms with E-state index in [-0.39, 0.29) is 12.1 Å². The maximum atomic E-state index is 11.9. The van der Waals surface area contributed by atoms with E-state index in [2.05, 4.69) is 15.6 Å². The molecule has 0 spiro atoms. The van der Waals surface area contributed by atoms with Gasteiger partial charge in [0.2, 0.25) is 5.88 Å². The number of nitrogens with one attached hydrogen (secondary N) is 2. The van der Waals surface area contributed by atoms with E-state index < -0.39 is 0 Å². The number of carbonyl (C=O) groups excluding carboxylic acids is 1. The molecule has 0 saturated carbocycles. The quantitative estimate of drug-likeness (QED) is 0.886. The van der Waals surface area contributed by atoms with Crippen LogP contribution in [-0.4, -0.2) is 18.1 Å². The minimum absolute atomic E-state index is 0.0988. The number of hydrogen-bond donors (Lipinski definition) is 2. The molecule has 0 bridgehead atoms.